The van der Waals surface area contributed by atoms with Crippen molar-refractivity contribution in [2.45, 2.75) is 26.7 Å². The van der Waals surface area contributed by atoms with Crippen molar-refractivity contribution >= 4 is 28.9 Å². The summed E-state index contributed by atoms with van der Waals surface area (Å²) in [7, 11) is 0. The number of amides is 1. The first-order valence-electron chi connectivity index (χ1n) is 7.95. The van der Waals surface area contributed by atoms with E-state index in [1.54, 1.807) is 6.07 Å². The third-order valence-electron chi connectivity index (χ3n) is 3.75. The minimum absolute atomic E-state index is 0.0183. The van der Waals surface area contributed by atoms with Gasteiger partial charge in [-0.1, -0.05) is 49.7 Å². The Kier molecular flexibility index (Phi) is 6.21. The molecule has 4 nitrogen and oxygen atoms in total. The summed E-state index contributed by atoms with van der Waals surface area (Å²) in [4.78, 5) is 12.4. The van der Waals surface area contributed by atoms with Crippen molar-refractivity contribution in [3.05, 3.63) is 70.4 Å². The summed E-state index contributed by atoms with van der Waals surface area (Å²) < 4.78 is 0. The average molecular weight is 354 g/mol. The van der Waals surface area contributed by atoms with E-state index in [4.69, 9.17) is 11.6 Å². The maximum atomic E-state index is 12.4. The number of halogens is 1. The molecule has 0 unspecified atom stereocenters. The summed E-state index contributed by atoms with van der Waals surface area (Å²) in [6.07, 6.45) is 1.38. The molecule has 2 aromatic rings. The van der Waals surface area contributed by atoms with Gasteiger partial charge >= 0.3 is 0 Å². The van der Waals surface area contributed by atoms with Crippen molar-refractivity contribution < 1.29 is 4.79 Å². The average Bonchev–Trinajstić information content (AvgIpc) is 2.58. The van der Waals surface area contributed by atoms with Crippen LogP contribution in [0.3, 0.4) is 0 Å². The number of carbonyl (C=O) groups is 1. The predicted octanol–water partition coefficient (Wildman–Crippen LogP) is 5.23. The Labute approximate surface area is 153 Å². The molecule has 2 aromatic carbocycles. The molecular weight excluding hydrogens is 334 g/mol. The molecule has 0 atom stereocenters. The highest BCUT2D eigenvalue weighted by Gasteiger charge is 2.13. The van der Waals surface area contributed by atoms with Gasteiger partial charge in [0.1, 0.15) is 11.6 Å². The van der Waals surface area contributed by atoms with Gasteiger partial charge in [-0.15, -0.1) is 0 Å². The van der Waals surface area contributed by atoms with E-state index in [1.807, 2.05) is 49.4 Å². The summed E-state index contributed by atoms with van der Waals surface area (Å²) >= 11 is 6.07. The standard InChI is InChI=1S/C20H20ClN3O/c1-13(2)17-6-4-5-7-19(17)24-20(25)15(11-22)12-23-16-9-8-14(3)18(21)10-16/h4-10,12-13,23H,1-3H3,(H,24,25)/b15-12-. The van der Waals surface area contributed by atoms with Crippen LogP contribution in [-0.4, -0.2) is 5.91 Å². The Morgan fingerprint density at radius 2 is 1.96 bits per heavy atom. The Balaban J connectivity index is 2.16. The summed E-state index contributed by atoms with van der Waals surface area (Å²) in [6.45, 7) is 6.01. The molecule has 1 amide bonds. The number of aryl methyl sites for hydroxylation is 1. The largest absolute Gasteiger partial charge is 0.360 e. The van der Waals surface area contributed by atoms with Crippen LogP contribution in [0.2, 0.25) is 5.02 Å². The van der Waals surface area contributed by atoms with E-state index in [0.29, 0.717) is 16.4 Å². The minimum Gasteiger partial charge on any atom is -0.360 e. The molecule has 0 spiro atoms. The van der Waals surface area contributed by atoms with E-state index in [0.717, 1.165) is 11.1 Å². The van der Waals surface area contributed by atoms with Crippen LogP contribution in [-0.2, 0) is 4.79 Å². The normalized spacial score (nSPS) is 11.1. The van der Waals surface area contributed by atoms with Crippen LogP contribution in [0.4, 0.5) is 11.4 Å². The van der Waals surface area contributed by atoms with Crippen LogP contribution >= 0.6 is 11.6 Å². The van der Waals surface area contributed by atoms with E-state index < -0.39 is 5.91 Å². The summed E-state index contributed by atoms with van der Waals surface area (Å²) in [6, 6.07) is 14.9. The van der Waals surface area contributed by atoms with Gasteiger partial charge in [0.25, 0.3) is 5.91 Å². The zero-order chi connectivity index (χ0) is 18.4. The van der Waals surface area contributed by atoms with E-state index in [-0.39, 0.29) is 11.5 Å². The van der Waals surface area contributed by atoms with Gasteiger partial charge in [0.05, 0.1) is 0 Å². The highest BCUT2D eigenvalue weighted by molar-refractivity contribution is 6.31. The van der Waals surface area contributed by atoms with Crippen molar-refractivity contribution in [3.8, 4) is 6.07 Å². The fourth-order valence-corrected chi connectivity index (χ4v) is 2.47. The Morgan fingerprint density at radius 3 is 2.60 bits per heavy atom. The molecule has 0 aliphatic heterocycles. The number of hydrogen-bond acceptors (Lipinski definition) is 3. The molecule has 0 aliphatic rings. The molecule has 0 aliphatic carbocycles. The summed E-state index contributed by atoms with van der Waals surface area (Å²) in [5.41, 5.74) is 3.38. The Bertz CT molecular complexity index is 850. The van der Waals surface area contributed by atoms with Crippen LogP contribution in [0.5, 0.6) is 0 Å². The zero-order valence-corrected chi connectivity index (χ0v) is 15.2. The molecule has 0 fully saturated rings. The maximum Gasteiger partial charge on any atom is 0.267 e. The lowest BCUT2D eigenvalue weighted by Gasteiger charge is -2.13. The van der Waals surface area contributed by atoms with Gasteiger partial charge in [-0.25, -0.2) is 0 Å². The van der Waals surface area contributed by atoms with E-state index in [1.165, 1.54) is 6.20 Å². The number of nitrogens with zero attached hydrogens (tertiary/aromatic N) is 1. The number of hydrogen-bond donors (Lipinski definition) is 2. The molecule has 5 heteroatoms. The van der Waals surface area contributed by atoms with Gasteiger partial charge in [-0.05, 0) is 42.2 Å². The van der Waals surface area contributed by atoms with Crippen LogP contribution in [0.1, 0.15) is 30.9 Å². The van der Waals surface area contributed by atoms with Crippen molar-refractivity contribution in [1.82, 2.24) is 0 Å². The van der Waals surface area contributed by atoms with E-state index in [2.05, 4.69) is 24.5 Å². The van der Waals surface area contributed by atoms with Crippen molar-refractivity contribution in [3.63, 3.8) is 0 Å². The monoisotopic (exact) mass is 353 g/mol. The lowest BCUT2D eigenvalue weighted by atomic mass is 10.0. The van der Waals surface area contributed by atoms with Gasteiger partial charge in [0.2, 0.25) is 0 Å². The number of carbonyl (C=O) groups excluding carboxylic acids is 1. The lowest BCUT2D eigenvalue weighted by molar-refractivity contribution is -0.112. The molecule has 0 saturated heterocycles. The lowest BCUT2D eigenvalue weighted by Crippen LogP contribution is -2.16. The minimum atomic E-state index is -0.457. The number of benzene rings is 2. The highest BCUT2D eigenvalue weighted by Crippen LogP contribution is 2.24. The van der Waals surface area contributed by atoms with Crippen LogP contribution in [0.25, 0.3) is 0 Å². The second-order valence-electron chi connectivity index (χ2n) is 5.97. The first-order valence-corrected chi connectivity index (χ1v) is 8.33. The number of para-hydroxylation sites is 1. The van der Waals surface area contributed by atoms with Crippen LogP contribution in [0, 0.1) is 18.3 Å². The first-order chi connectivity index (χ1) is 11.9. The second-order valence-corrected chi connectivity index (χ2v) is 6.38. The van der Waals surface area contributed by atoms with Crippen molar-refractivity contribution in [1.29, 1.82) is 5.26 Å². The molecular formula is C20H20ClN3O. The van der Waals surface area contributed by atoms with E-state index >= 15 is 0 Å². The third-order valence-corrected chi connectivity index (χ3v) is 4.16. The molecule has 2 N–H and O–H groups in total. The SMILES string of the molecule is Cc1ccc(N/C=C(/C#N)C(=O)Nc2ccccc2C(C)C)cc1Cl. The van der Waals surface area contributed by atoms with Crippen LogP contribution < -0.4 is 10.6 Å². The number of nitrogens with one attached hydrogen (secondary N) is 2. The first kappa shape index (κ1) is 18.6. The van der Waals surface area contributed by atoms with Crippen LogP contribution in [0.15, 0.2) is 54.2 Å². The molecule has 0 bridgehead atoms. The fraction of sp³-hybridized carbons (Fsp3) is 0.200. The van der Waals surface area contributed by atoms with Crippen molar-refractivity contribution in [2.75, 3.05) is 10.6 Å². The smallest absolute Gasteiger partial charge is 0.267 e. The number of rotatable bonds is 5. The highest BCUT2D eigenvalue weighted by atomic mass is 35.5. The summed E-state index contributed by atoms with van der Waals surface area (Å²) in [5.74, 6) is -0.194. The van der Waals surface area contributed by atoms with E-state index in [9.17, 15) is 10.1 Å². The molecule has 0 radical (unpaired) electrons. The second kappa shape index (κ2) is 8.36. The van der Waals surface area contributed by atoms with Crippen molar-refractivity contribution in [2.24, 2.45) is 0 Å². The molecule has 2 rings (SSSR count). The summed E-state index contributed by atoms with van der Waals surface area (Å²) in [5, 5.41) is 15.6. The predicted molar refractivity (Wildman–Crippen MR) is 103 cm³/mol. The van der Waals surface area contributed by atoms with Gasteiger partial charge in [-0.2, -0.15) is 5.26 Å². The quantitative estimate of drug-likeness (QED) is 0.571. The Hall–Kier alpha value is -2.77. The maximum absolute atomic E-state index is 12.4. The number of anilines is 2. The third kappa shape index (κ3) is 4.85. The molecule has 0 aromatic heterocycles. The molecule has 0 saturated carbocycles. The van der Waals surface area contributed by atoms with Gasteiger partial charge < -0.3 is 10.6 Å². The molecule has 25 heavy (non-hydrogen) atoms. The fourth-order valence-electron chi connectivity index (χ4n) is 2.29. The zero-order valence-electron chi connectivity index (χ0n) is 14.4. The number of nitriles is 1. The Morgan fingerprint density at radius 1 is 1.24 bits per heavy atom. The molecule has 0 heterocycles. The van der Waals surface area contributed by atoms with Gasteiger partial charge in [0, 0.05) is 22.6 Å². The topological polar surface area (TPSA) is 64.9 Å². The van der Waals surface area contributed by atoms with Gasteiger partial charge in [-0.3, -0.25) is 4.79 Å². The molecule has 128 valence electrons. The van der Waals surface area contributed by atoms with Gasteiger partial charge in [0.15, 0.2) is 0 Å².